The molecular weight excluding hydrogens is 167 g/mol. The first kappa shape index (κ1) is 9.45. The van der Waals surface area contributed by atoms with Gasteiger partial charge >= 0.3 is 0 Å². The molecule has 0 heterocycles. The lowest BCUT2D eigenvalue weighted by molar-refractivity contribution is 0.628. The van der Waals surface area contributed by atoms with E-state index in [1.54, 1.807) is 31.3 Å². The maximum atomic E-state index is 12.5. The van der Waals surface area contributed by atoms with Gasteiger partial charge in [0, 0.05) is 11.9 Å². The number of hydrogen-bond donors (Lipinski definition) is 1. The fraction of sp³-hybridized carbons (Fsp3) is 0.100. The van der Waals surface area contributed by atoms with Crippen molar-refractivity contribution in [2.75, 3.05) is 0 Å². The van der Waals surface area contributed by atoms with Crippen molar-refractivity contribution in [3.05, 3.63) is 41.9 Å². The average Bonchev–Trinajstić information content (AvgIpc) is 2.08. The molecular formula is C10H11FN2. The second-order valence-electron chi connectivity index (χ2n) is 2.67. The first-order valence-corrected chi connectivity index (χ1v) is 3.90. The maximum absolute atomic E-state index is 12.5. The van der Waals surface area contributed by atoms with Gasteiger partial charge in [-0.05, 0) is 37.3 Å². The van der Waals surface area contributed by atoms with Crippen LogP contribution in [0.5, 0.6) is 0 Å². The largest absolute Gasteiger partial charge is 0.402 e. The van der Waals surface area contributed by atoms with Gasteiger partial charge in [-0.15, -0.1) is 0 Å². The van der Waals surface area contributed by atoms with Gasteiger partial charge in [0.25, 0.3) is 0 Å². The smallest absolute Gasteiger partial charge is 0.123 e. The van der Waals surface area contributed by atoms with Crippen molar-refractivity contribution < 1.29 is 4.39 Å². The molecule has 0 aromatic heterocycles. The third-order valence-electron chi connectivity index (χ3n) is 1.39. The Balaban J connectivity index is 2.70. The molecule has 0 aliphatic heterocycles. The zero-order valence-electron chi connectivity index (χ0n) is 7.37. The number of hydrogen-bond acceptors (Lipinski definition) is 2. The van der Waals surface area contributed by atoms with E-state index in [9.17, 15) is 4.39 Å². The molecule has 13 heavy (non-hydrogen) atoms. The molecule has 0 unspecified atom stereocenters. The molecule has 0 atom stereocenters. The maximum Gasteiger partial charge on any atom is 0.123 e. The van der Waals surface area contributed by atoms with Crippen LogP contribution in [0.2, 0.25) is 0 Å². The monoisotopic (exact) mass is 178 g/mol. The summed E-state index contributed by atoms with van der Waals surface area (Å²) in [5, 5.41) is 0. The van der Waals surface area contributed by atoms with E-state index in [-0.39, 0.29) is 5.82 Å². The quantitative estimate of drug-likeness (QED) is 0.694. The zero-order chi connectivity index (χ0) is 9.68. The van der Waals surface area contributed by atoms with Crippen LogP contribution in [0.1, 0.15) is 6.92 Å². The molecule has 1 rings (SSSR count). The van der Waals surface area contributed by atoms with Crippen LogP contribution in [0.25, 0.3) is 0 Å². The summed E-state index contributed by atoms with van der Waals surface area (Å²) in [6.07, 6.45) is 3.27. The number of rotatable bonds is 2. The van der Waals surface area contributed by atoms with E-state index in [4.69, 9.17) is 5.73 Å². The highest BCUT2D eigenvalue weighted by Gasteiger charge is 1.88. The number of allylic oxidation sites excluding steroid dienone is 2. The van der Waals surface area contributed by atoms with E-state index in [1.165, 1.54) is 12.1 Å². The second kappa shape index (κ2) is 4.40. The van der Waals surface area contributed by atoms with E-state index in [2.05, 4.69) is 4.99 Å². The number of nitrogens with zero attached hydrogens (tertiary/aromatic N) is 1. The molecule has 1 aromatic rings. The average molecular weight is 178 g/mol. The second-order valence-corrected chi connectivity index (χ2v) is 2.67. The molecule has 68 valence electrons. The lowest BCUT2D eigenvalue weighted by atomic mass is 10.3. The van der Waals surface area contributed by atoms with E-state index >= 15 is 0 Å². The SMILES string of the molecule is C/C(N)=C/C=Nc1ccc(F)cc1. The van der Waals surface area contributed by atoms with Gasteiger partial charge in [0.1, 0.15) is 5.82 Å². The molecule has 1 aromatic carbocycles. The van der Waals surface area contributed by atoms with Crippen molar-refractivity contribution in [1.29, 1.82) is 0 Å². The summed E-state index contributed by atoms with van der Waals surface area (Å²) in [7, 11) is 0. The van der Waals surface area contributed by atoms with Crippen LogP contribution in [0.15, 0.2) is 41.0 Å². The van der Waals surface area contributed by atoms with Gasteiger partial charge in [-0.1, -0.05) is 0 Å². The Hall–Kier alpha value is -1.64. The summed E-state index contributed by atoms with van der Waals surface area (Å²) >= 11 is 0. The van der Waals surface area contributed by atoms with Crippen molar-refractivity contribution in [3.8, 4) is 0 Å². The highest BCUT2D eigenvalue weighted by atomic mass is 19.1. The van der Waals surface area contributed by atoms with Gasteiger partial charge in [-0.25, -0.2) is 4.39 Å². The third kappa shape index (κ3) is 3.51. The van der Waals surface area contributed by atoms with Gasteiger partial charge in [0.2, 0.25) is 0 Å². The Morgan fingerprint density at radius 1 is 1.38 bits per heavy atom. The summed E-state index contributed by atoms with van der Waals surface area (Å²) < 4.78 is 12.5. The molecule has 0 amide bonds. The molecule has 3 heteroatoms. The minimum Gasteiger partial charge on any atom is -0.402 e. The van der Waals surface area contributed by atoms with Gasteiger partial charge in [-0.2, -0.15) is 0 Å². The van der Waals surface area contributed by atoms with Crippen molar-refractivity contribution in [3.63, 3.8) is 0 Å². The molecule has 0 saturated heterocycles. The standard InChI is InChI=1S/C10H11FN2/c1-8(12)6-7-13-10-4-2-9(11)3-5-10/h2-7H,12H2,1H3/b8-6-,13-7?. The van der Waals surface area contributed by atoms with Crippen LogP contribution in [0.3, 0.4) is 0 Å². The Labute approximate surface area is 76.6 Å². The van der Waals surface area contributed by atoms with Gasteiger partial charge in [-0.3, -0.25) is 4.99 Å². The number of benzene rings is 1. The molecule has 2 nitrogen and oxygen atoms in total. The minimum absolute atomic E-state index is 0.260. The molecule has 0 saturated carbocycles. The van der Waals surface area contributed by atoms with E-state index < -0.39 is 0 Å². The van der Waals surface area contributed by atoms with Crippen molar-refractivity contribution in [1.82, 2.24) is 0 Å². The topological polar surface area (TPSA) is 38.4 Å². The summed E-state index contributed by atoms with van der Waals surface area (Å²) in [4.78, 5) is 4.04. The van der Waals surface area contributed by atoms with Crippen LogP contribution in [-0.2, 0) is 0 Å². The minimum atomic E-state index is -0.260. The highest BCUT2D eigenvalue weighted by molar-refractivity contribution is 5.74. The molecule has 0 aliphatic carbocycles. The van der Waals surface area contributed by atoms with Crippen molar-refractivity contribution in [2.45, 2.75) is 6.92 Å². The van der Waals surface area contributed by atoms with Gasteiger partial charge < -0.3 is 5.73 Å². The zero-order valence-corrected chi connectivity index (χ0v) is 7.37. The summed E-state index contributed by atoms with van der Waals surface area (Å²) in [5.41, 5.74) is 6.78. The normalized spacial score (nSPS) is 12.3. The predicted molar refractivity (Wildman–Crippen MR) is 52.5 cm³/mol. The molecule has 0 spiro atoms. The lowest BCUT2D eigenvalue weighted by Crippen LogP contribution is -1.89. The van der Waals surface area contributed by atoms with Crippen molar-refractivity contribution in [2.24, 2.45) is 10.7 Å². The highest BCUT2D eigenvalue weighted by Crippen LogP contribution is 2.10. The number of nitrogens with two attached hydrogens (primary N) is 1. The Bertz CT molecular complexity index is 321. The first-order valence-electron chi connectivity index (χ1n) is 3.90. The molecule has 0 fully saturated rings. The summed E-state index contributed by atoms with van der Waals surface area (Å²) in [5.74, 6) is -0.260. The van der Waals surface area contributed by atoms with E-state index in [0.717, 1.165) is 0 Å². The third-order valence-corrected chi connectivity index (χ3v) is 1.39. The molecule has 0 aliphatic rings. The van der Waals surface area contributed by atoms with Crippen molar-refractivity contribution >= 4 is 11.9 Å². The predicted octanol–water partition coefficient (Wildman–Crippen LogP) is 2.39. The van der Waals surface area contributed by atoms with E-state index in [0.29, 0.717) is 11.4 Å². The fourth-order valence-electron chi connectivity index (χ4n) is 0.768. The molecule has 0 radical (unpaired) electrons. The summed E-state index contributed by atoms with van der Waals surface area (Å²) in [6.45, 7) is 1.77. The lowest BCUT2D eigenvalue weighted by Gasteiger charge is -1.91. The number of halogens is 1. The van der Waals surface area contributed by atoms with Crippen LogP contribution in [-0.4, -0.2) is 6.21 Å². The molecule has 0 bridgehead atoms. The Morgan fingerprint density at radius 3 is 2.54 bits per heavy atom. The van der Waals surface area contributed by atoms with Gasteiger partial charge in [0.05, 0.1) is 5.69 Å². The summed E-state index contributed by atoms with van der Waals surface area (Å²) in [6, 6.07) is 5.94. The van der Waals surface area contributed by atoms with Gasteiger partial charge in [0.15, 0.2) is 0 Å². The van der Waals surface area contributed by atoms with Crippen LogP contribution < -0.4 is 5.73 Å². The molecule has 2 N–H and O–H groups in total. The number of aliphatic imine (C=N–C) groups is 1. The first-order chi connectivity index (χ1) is 6.18. The van der Waals surface area contributed by atoms with Crippen LogP contribution >= 0.6 is 0 Å². The van der Waals surface area contributed by atoms with Crippen LogP contribution in [0, 0.1) is 5.82 Å². The Kier molecular flexibility index (Phi) is 3.20. The Morgan fingerprint density at radius 2 is 2.00 bits per heavy atom. The fourth-order valence-corrected chi connectivity index (χ4v) is 0.768. The van der Waals surface area contributed by atoms with E-state index in [1.807, 2.05) is 0 Å². The van der Waals surface area contributed by atoms with Crippen LogP contribution in [0.4, 0.5) is 10.1 Å².